The first-order valence-electron chi connectivity index (χ1n) is 6.61. The Bertz CT molecular complexity index is 354. The van der Waals surface area contributed by atoms with Gasteiger partial charge in [-0.15, -0.1) is 11.3 Å². The minimum Gasteiger partial charge on any atom is -0.328 e. The van der Waals surface area contributed by atoms with E-state index in [9.17, 15) is 0 Å². The van der Waals surface area contributed by atoms with Gasteiger partial charge >= 0.3 is 0 Å². The summed E-state index contributed by atoms with van der Waals surface area (Å²) in [5.41, 5.74) is 7.66. The maximum absolute atomic E-state index is 6.17. The van der Waals surface area contributed by atoms with E-state index in [1.807, 2.05) is 6.92 Å². The molecule has 0 fully saturated rings. The largest absolute Gasteiger partial charge is 0.328 e. The number of hydrogen-bond donors (Lipinski definition) is 1. The van der Waals surface area contributed by atoms with Crippen LogP contribution in [0.1, 0.15) is 44.3 Å². The third-order valence-corrected chi connectivity index (χ3v) is 3.68. The zero-order chi connectivity index (χ0) is 13.8. The lowest BCUT2D eigenvalue weighted by Crippen LogP contribution is -2.31. The third kappa shape index (κ3) is 6.47. The molecule has 1 aromatic heterocycles. The molecule has 0 bridgehead atoms. The van der Waals surface area contributed by atoms with Gasteiger partial charge in [0.15, 0.2) is 0 Å². The van der Waals surface area contributed by atoms with Crippen molar-refractivity contribution in [3.8, 4) is 0 Å². The molecule has 2 N–H and O–H groups in total. The van der Waals surface area contributed by atoms with Crippen LogP contribution in [-0.2, 0) is 6.54 Å². The summed E-state index contributed by atoms with van der Waals surface area (Å²) >= 11 is 1.72. The zero-order valence-corrected chi connectivity index (χ0v) is 13.2. The summed E-state index contributed by atoms with van der Waals surface area (Å²) in [6.45, 7) is 10.7. The van der Waals surface area contributed by atoms with Crippen LogP contribution < -0.4 is 5.73 Å². The van der Waals surface area contributed by atoms with Gasteiger partial charge in [0.05, 0.1) is 10.7 Å². The van der Waals surface area contributed by atoms with Crippen molar-refractivity contribution in [1.82, 2.24) is 9.88 Å². The van der Waals surface area contributed by atoms with Crippen LogP contribution in [0.4, 0.5) is 0 Å². The van der Waals surface area contributed by atoms with Crippen molar-refractivity contribution in [3.63, 3.8) is 0 Å². The van der Waals surface area contributed by atoms with Crippen LogP contribution >= 0.6 is 11.3 Å². The maximum atomic E-state index is 6.17. The number of hydrogen-bond acceptors (Lipinski definition) is 4. The summed E-state index contributed by atoms with van der Waals surface area (Å²) in [5, 5.41) is 3.28. The Labute approximate surface area is 115 Å². The molecule has 1 heterocycles. The van der Waals surface area contributed by atoms with E-state index in [1.54, 1.807) is 11.3 Å². The van der Waals surface area contributed by atoms with Gasteiger partial charge in [0.2, 0.25) is 0 Å². The molecule has 104 valence electrons. The topological polar surface area (TPSA) is 42.2 Å². The van der Waals surface area contributed by atoms with Gasteiger partial charge in [0.25, 0.3) is 0 Å². The number of rotatable bonds is 6. The molecule has 0 aliphatic carbocycles. The molecule has 0 aliphatic heterocycles. The van der Waals surface area contributed by atoms with Crippen LogP contribution in [0.25, 0.3) is 0 Å². The van der Waals surface area contributed by atoms with E-state index in [4.69, 9.17) is 5.73 Å². The normalized spacial score (nSPS) is 14.2. The molecule has 0 aliphatic rings. The summed E-state index contributed by atoms with van der Waals surface area (Å²) in [6.07, 6.45) is 2.13. The third-order valence-electron chi connectivity index (χ3n) is 2.85. The average molecular weight is 269 g/mol. The van der Waals surface area contributed by atoms with Crippen LogP contribution in [0, 0.1) is 12.3 Å². The Morgan fingerprint density at radius 3 is 2.61 bits per heavy atom. The predicted molar refractivity (Wildman–Crippen MR) is 79.8 cm³/mol. The van der Waals surface area contributed by atoms with Crippen molar-refractivity contribution in [1.29, 1.82) is 0 Å². The average Bonchev–Trinajstić information content (AvgIpc) is 2.58. The number of aromatic nitrogens is 1. The minimum atomic E-state index is 0.296. The molecule has 0 saturated carbocycles. The van der Waals surface area contributed by atoms with Gasteiger partial charge < -0.3 is 10.6 Å². The molecule has 3 nitrogen and oxygen atoms in total. The van der Waals surface area contributed by atoms with Gasteiger partial charge in [0.1, 0.15) is 0 Å². The fourth-order valence-corrected chi connectivity index (χ4v) is 2.72. The standard InChI is InChI=1S/C14H27N3S/c1-11-16-13(10-18-11)9-17(5)7-6-12(15)8-14(2,3)4/h10,12H,6-9,15H2,1-5H3. The van der Waals surface area contributed by atoms with Gasteiger partial charge in [-0.1, -0.05) is 20.8 Å². The molecule has 1 unspecified atom stereocenters. The fourth-order valence-electron chi connectivity index (χ4n) is 2.11. The lowest BCUT2D eigenvalue weighted by molar-refractivity contribution is 0.276. The number of thiazole rings is 1. The van der Waals surface area contributed by atoms with Crippen LogP contribution in [-0.4, -0.2) is 29.5 Å². The molecule has 0 saturated heterocycles. The van der Waals surface area contributed by atoms with Crippen LogP contribution in [0.5, 0.6) is 0 Å². The molecular formula is C14H27N3S. The Hall–Kier alpha value is -0.450. The summed E-state index contributed by atoms with van der Waals surface area (Å²) in [7, 11) is 2.14. The summed E-state index contributed by atoms with van der Waals surface area (Å²) in [6, 6.07) is 0.296. The van der Waals surface area contributed by atoms with Gasteiger partial charge in [0, 0.05) is 18.0 Å². The van der Waals surface area contributed by atoms with E-state index >= 15 is 0 Å². The second-order valence-electron chi connectivity index (χ2n) is 6.41. The van der Waals surface area contributed by atoms with Crippen molar-refractivity contribution >= 4 is 11.3 Å². The molecule has 0 spiro atoms. The minimum absolute atomic E-state index is 0.296. The fraction of sp³-hybridized carbons (Fsp3) is 0.786. The molecule has 0 amide bonds. The van der Waals surface area contributed by atoms with E-state index in [0.717, 1.165) is 30.9 Å². The molecule has 18 heavy (non-hydrogen) atoms. The highest BCUT2D eigenvalue weighted by molar-refractivity contribution is 7.09. The van der Waals surface area contributed by atoms with Crippen molar-refractivity contribution in [2.75, 3.05) is 13.6 Å². The van der Waals surface area contributed by atoms with Crippen LogP contribution in [0.3, 0.4) is 0 Å². The van der Waals surface area contributed by atoms with Crippen molar-refractivity contribution < 1.29 is 0 Å². The van der Waals surface area contributed by atoms with Crippen molar-refractivity contribution in [3.05, 3.63) is 16.1 Å². The van der Waals surface area contributed by atoms with E-state index in [0.29, 0.717) is 11.5 Å². The Morgan fingerprint density at radius 2 is 2.11 bits per heavy atom. The van der Waals surface area contributed by atoms with Gasteiger partial charge in [-0.2, -0.15) is 0 Å². The molecule has 0 radical (unpaired) electrons. The van der Waals surface area contributed by atoms with E-state index in [-0.39, 0.29) is 0 Å². The SMILES string of the molecule is Cc1nc(CN(C)CCC(N)CC(C)(C)C)cs1. The van der Waals surface area contributed by atoms with Crippen molar-refractivity contribution in [2.24, 2.45) is 11.1 Å². The lowest BCUT2D eigenvalue weighted by atomic mass is 9.87. The summed E-state index contributed by atoms with van der Waals surface area (Å²) < 4.78 is 0. The smallest absolute Gasteiger partial charge is 0.0897 e. The molecular weight excluding hydrogens is 242 g/mol. The highest BCUT2D eigenvalue weighted by atomic mass is 32.1. The van der Waals surface area contributed by atoms with E-state index in [2.05, 4.69) is 43.1 Å². The van der Waals surface area contributed by atoms with E-state index < -0.39 is 0 Å². The highest BCUT2D eigenvalue weighted by Gasteiger charge is 2.16. The predicted octanol–water partition coefficient (Wildman–Crippen LogP) is 3.04. The Kier molecular flexibility index (Phi) is 5.76. The van der Waals surface area contributed by atoms with E-state index in [1.165, 1.54) is 5.69 Å². The van der Waals surface area contributed by atoms with Gasteiger partial charge in [-0.25, -0.2) is 4.98 Å². The molecule has 4 heteroatoms. The van der Waals surface area contributed by atoms with Crippen LogP contribution in [0.15, 0.2) is 5.38 Å². The quantitative estimate of drug-likeness (QED) is 0.863. The molecule has 1 atom stereocenters. The van der Waals surface area contributed by atoms with Crippen molar-refractivity contribution in [2.45, 2.75) is 53.1 Å². The first-order chi connectivity index (χ1) is 8.26. The summed E-state index contributed by atoms with van der Waals surface area (Å²) in [5.74, 6) is 0. The first kappa shape index (κ1) is 15.6. The van der Waals surface area contributed by atoms with Crippen LogP contribution in [0.2, 0.25) is 0 Å². The Morgan fingerprint density at radius 1 is 1.44 bits per heavy atom. The van der Waals surface area contributed by atoms with Gasteiger partial charge in [-0.05, 0) is 38.8 Å². The number of nitrogens with zero attached hydrogens (tertiary/aromatic N) is 2. The first-order valence-corrected chi connectivity index (χ1v) is 7.49. The molecule has 0 aromatic carbocycles. The zero-order valence-electron chi connectivity index (χ0n) is 12.4. The second-order valence-corrected chi connectivity index (χ2v) is 7.47. The number of aryl methyl sites for hydroxylation is 1. The highest BCUT2D eigenvalue weighted by Crippen LogP contribution is 2.21. The molecule has 1 rings (SSSR count). The monoisotopic (exact) mass is 269 g/mol. The Balaban J connectivity index is 2.26. The molecule has 1 aromatic rings. The maximum Gasteiger partial charge on any atom is 0.0897 e. The van der Waals surface area contributed by atoms with Gasteiger partial charge in [-0.3, -0.25) is 0 Å². The second kappa shape index (κ2) is 6.64. The number of nitrogens with two attached hydrogens (primary N) is 1. The lowest BCUT2D eigenvalue weighted by Gasteiger charge is -2.24. The summed E-state index contributed by atoms with van der Waals surface area (Å²) in [4.78, 5) is 6.79.